The van der Waals surface area contributed by atoms with E-state index in [0.717, 1.165) is 17.4 Å². The first-order valence-corrected chi connectivity index (χ1v) is 4.57. The molecule has 1 amide bonds. The highest BCUT2D eigenvalue weighted by Crippen LogP contribution is 2.19. The topological polar surface area (TPSA) is 57.8 Å². The fraction of sp³-hybridized carbons (Fsp3) is 0.429. The van der Waals surface area contributed by atoms with E-state index in [1.807, 2.05) is 0 Å². The minimum Gasteiger partial charge on any atom is -0.348 e. The summed E-state index contributed by atoms with van der Waals surface area (Å²) in [7, 11) is 0. The van der Waals surface area contributed by atoms with Crippen LogP contribution in [0.4, 0.5) is 0 Å². The van der Waals surface area contributed by atoms with Crippen molar-refractivity contribution in [3.8, 4) is 0 Å². The Balaban J connectivity index is 2.03. The first-order chi connectivity index (χ1) is 5.75. The maximum absolute atomic E-state index is 11.3. The van der Waals surface area contributed by atoms with Gasteiger partial charge in [-0.2, -0.15) is 5.10 Å². The Labute approximate surface area is 77.9 Å². The standard InChI is InChI=1S/C7H8BrN3O/c8-6-3-5(10-11-6)7(12)9-4-1-2-4/h3-4H,1-2H2,(H,9,12)(H,10,11). The number of halogens is 1. The number of hydrogen-bond acceptors (Lipinski definition) is 2. The molecule has 0 saturated heterocycles. The van der Waals surface area contributed by atoms with E-state index in [4.69, 9.17) is 0 Å². The monoisotopic (exact) mass is 229 g/mol. The summed E-state index contributed by atoms with van der Waals surface area (Å²) in [6.07, 6.45) is 2.19. The molecule has 1 saturated carbocycles. The molecular formula is C7H8BrN3O. The van der Waals surface area contributed by atoms with E-state index in [-0.39, 0.29) is 5.91 Å². The van der Waals surface area contributed by atoms with Crippen molar-refractivity contribution in [2.75, 3.05) is 0 Å². The minimum atomic E-state index is -0.0977. The van der Waals surface area contributed by atoms with Crippen molar-refractivity contribution in [3.05, 3.63) is 16.4 Å². The van der Waals surface area contributed by atoms with Gasteiger partial charge in [-0.3, -0.25) is 9.89 Å². The predicted molar refractivity (Wildman–Crippen MR) is 46.8 cm³/mol. The van der Waals surface area contributed by atoms with E-state index in [9.17, 15) is 4.79 Å². The molecule has 1 aliphatic rings. The molecule has 1 heterocycles. The van der Waals surface area contributed by atoms with Gasteiger partial charge in [-0.1, -0.05) is 0 Å². The lowest BCUT2D eigenvalue weighted by molar-refractivity contribution is 0.0946. The van der Waals surface area contributed by atoms with Crippen LogP contribution in [0.2, 0.25) is 0 Å². The van der Waals surface area contributed by atoms with E-state index in [1.54, 1.807) is 6.07 Å². The SMILES string of the molecule is O=C(NC1CC1)c1cc(Br)[nH]n1. The highest BCUT2D eigenvalue weighted by molar-refractivity contribution is 9.10. The average molecular weight is 230 g/mol. The highest BCUT2D eigenvalue weighted by Gasteiger charge is 2.24. The largest absolute Gasteiger partial charge is 0.348 e. The predicted octanol–water partition coefficient (Wildman–Crippen LogP) is 1.06. The summed E-state index contributed by atoms with van der Waals surface area (Å²) in [6.45, 7) is 0. The van der Waals surface area contributed by atoms with Crippen molar-refractivity contribution < 1.29 is 4.79 Å². The molecule has 1 aromatic rings. The lowest BCUT2D eigenvalue weighted by Crippen LogP contribution is -2.25. The van der Waals surface area contributed by atoms with Gasteiger partial charge < -0.3 is 5.32 Å². The number of amides is 1. The second-order valence-corrected chi connectivity index (χ2v) is 3.70. The van der Waals surface area contributed by atoms with Crippen molar-refractivity contribution in [2.24, 2.45) is 0 Å². The van der Waals surface area contributed by atoms with E-state index in [1.165, 1.54) is 0 Å². The van der Waals surface area contributed by atoms with Gasteiger partial charge in [0.2, 0.25) is 0 Å². The van der Waals surface area contributed by atoms with Crippen molar-refractivity contribution in [3.63, 3.8) is 0 Å². The van der Waals surface area contributed by atoms with Gasteiger partial charge in [0.15, 0.2) is 5.69 Å². The minimum absolute atomic E-state index is 0.0977. The third-order valence-electron chi connectivity index (χ3n) is 1.69. The summed E-state index contributed by atoms with van der Waals surface area (Å²) in [5.74, 6) is -0.0977. The maximum Gasteiger partial charge on any atom is 0.272 e. The van der Waals surface area contributed by atoms with Crippen LogP contribution in [0.1, 0.15) is 23.3 Å². The molecule has 1 aliphatic carbocycles. The number of nitrogens with zero attached hydrogens (tertiary/aromatic N) is 1. The van der Waals surface area contributed by atoms with E-state index >= 15 is 0 Å². The number of rotatable bonds is 2. The van der Waals surface area contributed by atoms with Gasteiger partial charge in [-0.25, -0.2) is 0 Å². The normalized spacial score (nSPS) is 16.1. The molecule has 0 atom stereocenters. The van der Waals surface area contributed by atoms with Crippen LogP contribution >= 0.6 is 15.9 Å². The molecule has 0 spiro atoms. The Hall–Kier alpha value is -0.840. The highest BCUT2D eigenvalue weighted by atomic mass is 79.9. The summed E-state index contributed by atoms with van der Waals surface area (Å²) < 4.78 is 0.725. The summed E-state index contributed by atoms with van der Waals surface area (Å²) in [4.78, 5) is 11.3. The summed E-state index contributed by atoms with van der Waals surface area (Å²) in [6, 6.07) is 2.05. The van der Waals surface area contributed by atoms with Crippen molar-refractivity contribution in [2.45, 2.75) is 18.9 Å². The van der Waals surface area contributed by atoms with Crippen LogP contribution in [0.5, 0.6) is 0 Å². The summed E-state index contributed by atoms with van der Waals surface area (Å²) in [5, 5.41) is 9.30. The fourth-order valence-electron chi connectivity index (χ4n) is 0.902. The van der Waals surface area contributed by atoms with Gasteiger partial charge in [0.1, 0.15) is 4.60 Å². The Morgan fingerprint density at radius 2 is 2.50 bits per heavy atom. The molecule has 0 unspecified atom stereocenters. The van der Waals surface area contributed by atoms with E-state index in [0.29, 0.717) is 11.7 Å². The molecule has 1 fully saturated rings. The first kappa shape index (κ1) is 7.79. The molecule has 12 heavy (non-hydrogen) atoms. The Kier molecular flexibility index (Phi) is 1.88. The zero-order chi connectivity index (χ0) is 8.55. The molecule has 0 radical (unpaired) electrons. The van der Waals surface area contributed by atoms with Gasteiger partial charge >= 0.3 is 0 Å². The number of H-pyrrole nitrogens is 1. The number of aromatic nitrogens is 2. The fourth-order valence-corrected chi connectivity index (χ4v) is 1.21. The summed E-state index contributed by atoms with van der Waals surface area (Å²) >= 11 is 3.18. The Morgan fingerprint density at radius 3 is 3.00 bits per heavy atom. The molecule has 0 aromatic carbocycles. The van der Waals surface area contributed by atoms with Crippen LogP contribution in [0.3, 0.4) is 0 Å². The number of hydrogen-bond donors (Lipinski definition) is 2. The molecule has 2 rings (SSSR count). The molecule has 5 heteroatoms. The van der Waals surface area contributed by atoms with Gasteiger partial charge in [0.05, 0.1) is 0 Å². The van der Waals surface area contributed by atoms with Crippen LogP contribution in [0.25, 0.3) is 0 Å². The molecular weight excluding hydrogens is 222 g/mol. The van der Waals surface area contributed by atoms with E-state index in [2.05, 4.69) is 31.4 Å². The number of carbonyl (C=O) groups excluding carboxylic acids is 1. The van der Waals surface area contributed by atoms with Gasteiger partial charge in [-0.15, -0.1) is 0 Å². The van der Waals surface area contributed by atoms with Crippen LogP contribution in [0, 0.1) is 0 Å². The average Bonchev–Trinajstić information content (AvgIpc) is 2.72. The first-order valence-electron chi connectivity index (χ1n) is 3.77. The maximum atomic E-state index is 11.3. The lowest BCUT2D eigenvalue weighted by atomic mass is 10.4. The third kappa shape index (κ3) is 1.66. The molecule has 0 bridgehead atoms. The summed E-state index contributed by atoms with van der Waals surface area (Å²) in [5.41, 5.74) is 0.439. The van der Waals surface area contributed by atoms with E-state index < -0.39 is 0 Å². The smallest absolute Gasteiger partial charge is 0.272 e. The molecule has 0 aliphatic heterocycles. The Bertz CT molecular complexity index is 305. The van der Waals surface area contributed by atoms with Crippen LogP contribution in [-0.4, -0.2) is 22.1 Å². The number of aromatic amines is 1. The quantitative estimate of drug-likeness (QED) is 0.798. The zero-order valence-corrected chi connectivity index (χ0v) is 7.89. The number of carbonyl (C=O) groups is 1. The van der Waals surface area contributed by atoms with Crippen LogP contribution in [0.15, 0.2) is 10.7 Å². The van der Waals surface area contributed by atoms with Crippen molar-refractivity contribution >= 4 is 21.8 Å². The van der Waals surface area contributed by atoms with Crippen molar-refractivity contribution in [1.82, 2.24) is 15.5 Å². The lowest BCUT2D eigenvalue weighted by Gasteiger charge is -1.97. The van der Waals surface area contributed by atoms with Crippen molar-refractivity contribution in [1.29, 1.82) is 0 Å². The zero-order valence-electron chi connectivity index (χ0n) is 6.30. The van der Waals surface area contributed by atoms with Gasteiger partial charge in [-0.05, 0) is 28.8 Å². The van der Waals surface area contributed by atoms with Gasteiger partial charge in [0, 0.05) is 12.1 Å². The molecule has 4 nitrogen and oxygen atoms in total. The molecule has 64 valence electrons. The second-order valence-electron chi connectivity index (χ2n) is 2.85. The van der Waals surface area contributed by atoms with Crippen LogP contribution in [-0.2, 0) is 0 Å². The molecule has 2 N–H and O–H groups in total. The third-order valence-corrected chi connectivity index (χ3v) is 2.10. The molecule has 1 aromatic heterocycles. The second kappa shape index (κ2) is 2.90. The number of nitrogens with one attached hydrogen (secondary N) is 2. The van der Waals surface area contributed by atoms with Gasteiger partial charge in [0.25, 0.3) is 5.91 Å². The van der Waals surface area contributed by atoms with Crippen LogP contribution < -0.4 is 5.32 Å². The Morgan fingerprint density at radius 1 is 1.75 bits per heavy atom.